The maximum absolute atomic E-state index is 9.75. The van der Waals surface area contributed by atoms with Crippen LogP contribution in [0.3, 0.4) is 0 Å². The monoisotopic (exact) mass is 236 g/mol. The van der Waals surface area contributed by atoms with E-state index in [1.54, 1.807) is 36.5 Å². The van der Waals surface area contributed by atoms with Gasteiger partial charge in [0.15, 0.2) is 11.6 Å². The number of hydrogen-bond donors (Lipinski definition) is 4. The van der Waals surface area contributed by atoms with E-state index < -0.39 is 23.4 Å². The molecule has 0 fully saturated rings. The van der Waals surface area contributed by atoms with Crippen LogP contribution in [-0.4, -0.2) is 32.0 Å². The van der Waals surface area contributed by atoms with Crippen molar-refractivity contribution in [2.24, 2.45) is 11.8 Å². The zero-order valence-electron chi connectivity index (χ0n) is 9.27. The number of hydrogen-bond acceptors (Lipinski definition) is 4. The fourth-order valence-corrected chi connectivity index (χ4v) is 2.10. The Kier molecular flexibility index (Phi) is 3.05. The molecular weight excluding hydrogens is 220 g/mol. The minimum atomic E-state index is -1.93. The summed E-state index contributed by atoms with van der Waals surface area (Å²) in [5, 5.41) is 39.0. The maximum atomic E-state index is 9.75. The molecule has 0 aromatic heterocycles. The van der Waals surface area contributed by atoms with Gasteiger partial charge in [-0.2, -0.15) is 0 Å². The van der Waals surface area contributed by atoms with Gasteiger partial charge in [0.05, 0.1) is 0 Å². The molecular formula is C13H16O4. The smallest absolute Gasteiger partial charge is 0.189 e. The highest BCUT2D eigenvalue weighted by atomic mass is 16.5. The second-order valence-electron chi connectivity index (χ2n) is 4.50. The molecule has 4 nitrogen and oxygen atoms in total. The third-order valence-electron chi connectivity index (χ3n) is 3.19. The average molecular weight is 236 g/mol. The van der Waals surface area contributed by atoms with E-state index in [1.165, 1.54) is 12.2 Å². The summed E-state index contributed by atoms with van der Waals surface area (Å²) in [6.07, 6.45) is 12.7. The molecule has 0 spiro atoms. The third-order valence-corrected chi connectivity index (χ3v) is 3.19. The molecule has 0 bridgehead atoms. The lowest BCUT2D eigenvalue weighted by Gasteiger charge is -2.35. The van der Waals surface area contributed by atoms with Crippen LogP contribution in [-0.2, 0) is 0 Å². The van der Waals surface area contributed by atoms with Gasteiger partial charge in [-0.1, -0.05) is 36.5 Å². The summed E-state index contributed by atoms with van der Waals surface area (Å²) in [6.45, 7) is 0. The highest BCUT2D eigenvalue weighted by Gasteiger charge is 2.39. The first-order chi connectivity index (χ1) is 7.92. The molecule has 0 amide bonds. The molecule has 4 N–H and O–H groups in total. The predicted molar refractivity (Wildman–Crippen MR) is 62.5 cm³/mol. The molecule has 2 aliphatic carbocycles. The van der Waals surface area contributed by atoms with Gasteiger partial charge in [-0.25, -0.2) is 0 Å². The Labute approximate surface area is 99.5 Å². The first kappa shape index (κ1) is 12.3. The minimum absolute atomic E-state index is 0.238. The molecule has 0 radical (unpaired) electrons. The molecule has 2 atom stereocenters. The van der Waals surface area contributed by atoms with Crippen molar-refractivity contribution in [2.75, 3.05) is 0 Å². The van der Waals surface area contributed by atoms with Crippen molar-refractivity contribution < 1.29 is 20.4 Å². The average Bonchev–Trinajstić information content (AvgIpc) is 2.23. The zero-order chi connectivity index (χ0) is 12.5. The fraction of sp³-hybridized carbons (Fsp3) is 0.385. The molecule has 2 aliphatic rings. The highest BCUT2D eigenvalue weighted by Crippen LogP contribution is 2.34. The van der Waals surface area contributed by atoms with Gasteiger partial charge in [-0.3, -0.25) is 0 Å². The van der Waals surface area contributed by atoms with Crippen LogP contribution in [0, 0.1) is 11.8 Å². The molecule has 4 heteroatoms. The van der Waals surface area contributed by atoms with Gasteiger partial charge >= 0.3 is 0 Å². The first-order valence-electron chi connectivity index (χ1n) is 5.53. The van der Waals surface area contributed by atoms with Crippen molar-refractivity contribution in [3.8, 4) is 0 Å². The van der Waals surface area contributed by atoms with Crippen LogP contribution in [0.2, 0.25) is 0 Å². The second kappa shape index (κ2) is 4.23. The van der Waals surface area contributed by atoms with E-state index in [9.17, 15) is 20.4 Å². The lowest BCUT2D eigenvalue weighted by molar-refractivity contribution is -0.177. The van der Waals surface area contributed by atoms with Crippen LogP contribution in [0.5, 0.6) is 0 Å². The van der Waals surface area contributed by atoms with Crippen molar-refractivity contribution in [3.63, 3.8) is 0 Å². The summed E-state index contributed by atoms with van der Waals surface area (Å²) in [7, 11) is 0. The molecule has 0 aromatic rings. The molecule has 0 aromatic carbocycles. The Hall–Kier alpha value is -1.20. The zero-order valence-corrected chi connectivity index (χ0v) is 9.27. The lowest BCUT2D eigenvalue weighted by Crippen LogP contribution is -2.42. The van der Waals surface area contributed by atoms with Crippen LogP contribution in [0.4, 0.5) is 0 Å². The number of allylic oxidation sites excluding steroid dienone is 4. The first-order valence-corrected chi connectivity index (χ1v) is 5.53. The van der Waals surface area contributed by atoms with Gasteiger partial charge in [0.2, 0.25) is 0 Å². The summed E-state index contributed by atoms with van der Waals surface area (Å²) < 4.78 is 0. The summed E-state index contributed by atoms with van der Waals surface area (Å²) in [5.74, 6) is -4.99. The molecule has 0 heterocycles. The van der Waals surface area contributed by atoms with Gasteiger partial charge in [0.25, 0.3) is 0 Å². The molecule has 2 rings (SSSR count). The Balaban J connectivity index is 2.11. The van der Waals surface area contributed by atoms with E-state index in [-0.39, 0.29) is 6.42 Å². The van der Waals surface area contributed by atoms with Gasteiger partial charge in [0, 0.05) is 11.8 Å². The van der Waals surface area contributed by atoms with Crippen molar-refractivity contribution in [1.29, 1.82) is 0 Å². The second-order valence-corrected chi connectivity index (χ2v) is 4.50. The Bertz CT molecular complexity index is 364. The molecule has 92 valence electrons. The van der Waals surface area contributed by atoms with Crippen molar-refractivity contribution in [2.45, 2.75) is 18.0 Å². The Morgan fingerprint density at radius 2 is 1.12 bits per heavy atom. The minimum Gasteiger partial charge on any atom is -0.362 e. The topological polar surface area (TPSA) is 80.9 Å². The standard InChI is InChI=1S/C13H16O4/c14-12(15)7-3-1-5-10(12)9-11-6-2-4-8-13(11,16)17/h1-8,10-11,14-17H,9H2. The lowest BCUT2D eigenvalue weighted by atomic mass is 9.80. The molecule has 0 aliphatic heterocycles. The van der Waals surface area contributed by atoms with Crippen LogP contribution in [0.1, 0.15) is 6.42 Å². The van der Waals surface area contributed by atoms with E-state index in [1.807, 2.05) is 0 Å². The molecule has 17 heavy (non-hydrogen) atoms. The van der Waals surface area contributed by atoms with E-state index >= 15 is 0 Å². The molecule has 0 saturated carbocycles. The maximum Gasteiger partial charge on any atom is 0.189 e. The van der Waals surface area contributed by atoms with Crippen LogP contribution < -0.4 is 0 Å². The van der Waals surface area contributed by atoms with Crippen molar-refractivity contribution in [1.82, 2.24) is 0 Å². The summed E-state index contributed by atoms with van der Waals surface area (Å²) >= 11 is 0. The van der Waals surface area contributed by atoms with Gasteiger partial charge in [-0.05, 0) is 18.6 Å². The number of rotatable bonds is 2. The van der Waals surface area contributed by atoms with E-state index in [0.29, 0.717) is 0 Å². The van der Waals surface area contributed by atoms with Gasteiger partial charge in [0.1, 0.15) is 0 Å². The highest BCUT2D eigenvalue weighted by molar-refractivity contribution is 5.22. The Morgan fingerprint density at radius 3 is 1.47 bits per heavy atom. The Morgan fingerprint density at radius 1 is 0.706 bits per heavy atom. The summed E-state index contributed by atoms with van der Waals surface area (Å²) in [6, 6.07) is 0. The summed E-state index contributed by atoms with van der Waals surface area (Å²) in [5.41, 5.74) is 0. The van der Waals surface area contributed by atoms with Crippen molar-refractivity contribution in [3.05, 3.63) is 48.6 Å². The summed E-state index contributed by atoms with van der Waals surface area (Å²) in [4.78, 5) is 0. The largest absolute Gasteiger partial charge is 0.362 e. The normalized spacial score (nSPS) is 32.9. The fourth-order valence-electron chi connectivity index (χ4n) is 2.10. The van der Waals surface area contributed by atoms with Gasteiger partial charge < -0.3 is 20.4 Å². The van der Waals surface area contributed by atoms with E-state index in [4.69, 9.17) is 0 Å². The van der Waals surface area contributed by atoms with Crippen molar-refractivity contribution >= 4 is 0 Å². The van der Waals surface area contributed by atoms with Crippen LogP contribution in [0.25, 0.3) is 0 Å². The van der Waals surface area contributed by atoms with Crippen LogP contribution >= 0.6 is 0 Å². The van der Waals surface area contributed by atoms with E-state index in [2.05, 4.69) is 0 Å². The molecule has 0 saturated heterocycles. The van der Waals surface area contributed by atoms with E-state index in [0.717, 1.165) is 0 Å². The SMILES string of the molecule is OC1(O)C=CC=CC1CC1C=CC=CC1(O)O. The molecule has 2 unspecified atom stereocenters. The third kappa shape index (κ3) is 2.56. The van der Waals surface area contributed by atoms with Gasteiger partial charge in [-0.15, -0.1) is 0 Å². The van der Waals surface area contributed by atoms with Crippen LogP contribution in [0.15, 0.2) is 48.6 Å². The number of aliphatic hydroxyl groups is 4. The quantitative estimate of drug-likeness (QED) is 0.517. The predicted octanol–water partition coefficient (Wildman–Crippen LogP) is 0.223.